The van der Waals surface area contributed by atoms with Gasteiger partial charge in [0.2, 0.25) is 0 Å². The van der Waals surface area contributed by atoms with Crippen LogP contribution < -0.4 is 15.5 Å². The molecule has 0 saturated carbocycles. The van der Waals surface area contributed by atoms with Crippen molar-refractivity contribution in [3.05, 3.63) is 24.0 Å². The number of carbonyl (C=O) groups is 2. The zero-order valence-electron chi connectivity index (χ0n) is 14.7. The molecule has 3 rings (SSSR count). The van der Waals surface area contributed by atoms with Gasteiger partial charge in [0.15, 0.2) is 5.65 Å². The molecule has 0 unspecified atom stereocenters. The summed E-state index contributed by atoms with van der Waals surface area (Å²) in [5, 5.41) is 18.0. The number of nitrogens with one attached hydrogen (secondary N) is 2. The normalized spacial score (nSPS) is 14.2. The molecule has 3 N–H and O–H groups in total. The van der Waals surface area contributed by atoms with Crippen LogP contribution in [0.15, 0.2) is 18.5 Å². The van der Waals surface area contributed by atoms with Gasteiger partial charge in [-0.05, 0) is 6.07 Å². The number of fused-ring (bicyclic) bond motifs is 1. The number of hydrogen-bond acceptors (Lipinski definition) is 6. The molecule has 0 bridgehead atoms. The summed E-state index contributed by atoms with van der Waals surface area (Å²) in [5.41, 5.74) is 1.09. The Hall–Kier alpha value is -2.68. The van der Waals surface area contributed by atoms with Crippen LogP contribution in [-0.2, 0) is 4.79 Å². The van der Waals surface area contributed by atoms with Gasteiger partial charge in [-0.2, -0.15) is 5.10 Å². The predicted octanol–water partition coefficient (Wildman–Crippen LogP) is 0.226. The molecule has 136 valence electrons. The molecule has 1 saturated heterocycles. The van der Waals surface area contributed by atoms with E-state index in [0.717, 1.165) is 32.0 Å². The van der Waals surface area contributed by atoms with Gasteiger partial charge in [0.05, 0.1) is 12.1 Å². The van der Waals surface area contributed by atoms with Crippen molar-refractivity contribution < 1.29 is 14.7 Å². The number of carboxylic acid groups (broad SMARTS) is 1. The molecule has 1 amide bonds. The number of aromatic nitrogens is 3. The van der Waals surface area contributed by atoms with E-state index in [4.69, 9.17) is 5.11 Å². The molecule has 2 aromatic heterocycles. The van der Waals surface area contributed by atoms with Crippen LogP contribution in [0.25, 0.3) is 5.65 Å². The highest BCUT2D eigenvalue weighted by Gasteiger charge is 2.16. The Morgan fingerprint density at radius 1 is 1.32 bits per heavy atom. The third-order valence-corrected chi connectivity index (χ3v) is 3.76. The fourth-order valence-electron chi connectivity index (χ4n) is 2.22. The number of carboxylic acids is 1. The van der Waals surface area contributed by atoms with Gasteiger partial charge in [0.25, 0.3) is 5.91 Å². The van der Waals surface area contributed by atoms with Crippen LogP contribution in [0.3, 0.4) is 0 Å². The first-order valence-electron chi connectivity index (χ1n) is 8.19. The van der Waals surface area contributed by atoms with Crippen LogP contribution in [0.2, 0.25) is 0 Å². The molecule has 0 aliphatic carbocycles. The number of anilines is 1. The molecular formula is C16H24N6O3. The third kappa shape index (κ3) is 4.66. The van der Waals surface area contributed by atoms with Gasteiger partial charge in [0, 0.05) is 39.4 Å². The lowest BCUT2D eigenvalue weighted by molar-refractivity contribution is -0.140. The van der Waals surface area contributed by atoms with Crippen LogP contribution in [-0.4, -0.2) is 64.8 Å². The van der Waals surface area contributed by atoms with Crippen molar-refractivity contribution in [2.75, 3.05) is 38.1 Å². The molecule has 25 heavy (non-hydrogen) atoms. The largest absolute Gasteiger partial charge is 0.481 e. The lowest BCUT2D eigenvalue weighted by Gasteiger charge is -2.28. The van der Waals surface area contributed by atoms with Crippen LogP contribution in [0.4, 0.5) is 5.82 Å². The number of amides is 1. The Morgan fingerprint density at radius 3 is 2.52 bits per heavy atom. The predicted molar refractivity (Wildman–Crippen MR) is 93.9 cm³/mol. The second-order valence-corrected chi connectivity index (χ2v) is 5.92. The summed E-state index contributed by atoms with van der Waals surface area (Å²) < 4.78 is 1.62. The summed E-state index contributed by atoms with van der Waals surface area (Å²) in [6, 6.07) is 1.93. The topological polar surface area (TPSA) is 112 Å². The van der Waals surface area contributed by atoms with Crippen molar-refractivity contribution >= 4 is 23.3 Å². The first-order valence-corrected chi connectivity index (χ1v) is 8.19. The van der Waals surface area contributed by atoms with Crippen molar-refractivity contribution in [3.63, 3.8) is 0 Å². The maximum atomic E-state index is 11.7. The number of rotatable bonds is 3. The standard InChI is InChI=1S/C12H16N6O.C4H8O2/c1-13-12(19)9-8-15-18-5-2-10(16-11(9)18)17-6-3-14-4-7-17;1-3(2)4(5)6/h2,5,8,14H,3-4,6-7H2,1H3,(H,13,19);3H,1-2H3,(H,5,6). The monoisotopic (exact) mass is 348 g/mol. The highest BCUT2D eigenvalue weighted by atomic mass is 16.4. The Morgan fingerprint density at radius 2 is 1.96 bits per heavy atom. The molecule has 9 nitrogen and oxygen atoms in total. The number of hydrogen-bond donors (Lipinski definition) is 3. The van der Waals surface area contributed by atoms with Crippen LogP contribution >= 0.6 is 0 Å². The van der Waals surface area contributed by atoms with Gasteiger partial charge < -0.3 is 20.6 Å². The zero-order chi connectivity index (χ0) is 18.4. The first kappa shape index (κ1) is 18.7. The molecule has 1 aliphatic heterocycles. The van der Waals surface area contributed by atoms with Crippen molar-refractivity contribution in [3.8, 4) is 0 Å². The average molecular weight is 348 g/mol. The van der Waals surface area contributed by atoms with E-state index < -0.39 is 5.97 Å². The molecule has 3 heterocycles. The summed E-state index contributed by atoms with van der Waals surface area (Å²) >= 11 is 0. The summed E-state index contributed by atoms with van der Waals surface area (Å²) in [6.07, 6.45) is 3.38. The fraction of sp³-hybridized carbons (Fsp3) is 0.500. The van der Waals surface area contributed by atoms with Crippen LogP contribution in [0, 0.1) is 5.92 Å². The van der Waals surface area contributed by atoms with Crippen molar-refractivity contribution in [2.24, 2.45) is 5.92 Å². The zero-order valence-corrected chi connectivity index (χ0v) is 14.7. The van der Waals surface area contributed by atoms with Crippen molar-refractivity contribution in [1.29, 1.82) is 0 Å². The number of aliphatic carboxylic acids is 1. The highest BCUT2D eigenvalue weighted by Crippen LogP contribution is 2.15. The Bertz CT molecular complexity index is 737. The number of carbonyl (C=O) groups excluding carboxylic acids is 1. The summed E-state index contributed by atoms with van der Waals surface area (Å²) in [7, 11) is 1.60. The van der Waals surface area contributed by atoms with E-state index >= 15 is 0 Å². The maximum Gasteiger partial charge on any atom is 0.305 e. The summed E-state index contributed by atoms with van der Waals surface area (Å²) in [4.78, 5) is 28.2. The smallest absolute Gasteiger partial charge is 0.305 e. The molecular weight excluding hydrogens is 324 g/mol. The molecule has 2 aromatic rings. The van der Waals surface area contributed by atoms with Crippen molar-refractivity contribution in [2.45, 2.75) is 13.8 Å². The molecule has 1 aliphatic rings. The van der Waals surface area contributed by atoms with E-state index in [-0.39, 0.29) is 11.8 Å². The second-order valence-electron chi connectivity index (χ2n) is 5.92. The first-order chi connectivity index (χ1) is 11.9. The van der Waals surface area contributed by atoms with Gasteiger partial charge >= 0.3 is 5.97 Å². The SMILES string of the molecule is CC(C)C(=O)O.CNC(=O)c1cnn2ccc(N3CCNCC3)nc12. The maximum absolute atomic E-state index is 11.7. The van der Waals surface area contributed by atoms with Gasteiger partial charge in [0.1, 0.15) is 11.4 Å². The van der Waals surface area contributed by atoms with E-state index in [0.29, 0.717) is 11.2 Å². The Labute approximate surface area is 146 Å². The lowest BCUT2D eigenvalue weighted by atomic mass is 10.2. The summed E-state index contributed by atoms with van der Waals surface area (Å²) in [5.74, 6) is -0.250. The highest BCUT2D eigenvalue weighted by molar-refractivity contribution is 5.99. The van der Waals surface area contributed by atoms with E-state index in [2.05, 4.69) is 25.6 Å². The van der Waals surface area contributed by atoms with Gasteiger partial charge in [-0.25, -0.2) is 9.50 Å². The van der Waals surface area contributed by atoms with E-state index in [1.165, 1.54) is 0 Å². The lowest BCUT2D eigenvalue weighted by Crippen LogP contribution is -2.43. The van der Waals surface area contributed by atoms with Gasteiger partial charge in [-0.15, -0.1) is 0 Å². The minimum Gasteiger partial charge on any atom is -0.481 e. The Balaban J connectivity index is 0.000000326. The quantitative estimate of drug-likeness (QED) is 0.728. The number of nitrogens with zero attached hydrogens (tertiary/aromatic N) is 4. The van der Waals surface area contributed by atoms with Crippen LogP contribution in [0.5, 0.6) is 0 Å². The Kier molecular flexibility index (Phi) is 6.29. The minimum atomic E-state index is -0.741. The molecule has 0 aromatic carbocycles. The third-order valence-electron chi connectivity index (χ3n) is 3.76. The molecule has 1 fully saturated rings. The van der Waals surface area contributed by atoms with Crippen LogP contribution in [0.1, 0.15) is 24.2 Å². The fourth-order valence-corrected chi connectivity index (χ4v) is 2.22. The minimum absolute atomic E-state index is 0.167. The second kappa shape index (κ2) is 8.43. The van der Waals surface area contributed by atoms with E-state index in [1.807, 2.05) is 12.3 Å². The van der Waals surface area contributed by atoms with Gasteiger partial charge in [-0.1, -0.05) is 13.8 Å². The molecule has 0 radical (unpaired) electrons. The molecule has 0 spiro atoms. The van der Waals surface area contributed by atoms with E-state index in [9.17, 15) is 9.59 Å². The average Bonchev–Trinajstić information content (AvgIpc) is 3.05. The summed E-state index contributed by atoms with van der Waals surface area (Å²) in [6.45, 7) is 7.03. The number of piperazine rings is 1. The van der Waals surface area contributed by atoms with Crippen molar-refractivity contribution in [1.82, 2.24) is 25.2 Å². The molecule has 9 heteroatoms. The molecule has 0 atom stereocenters. The van der Waals surface area contributed by atoms with Gasteiger partial charge in [-0.3, -0.25) is 9.59 Å². The van der Waals surface area contributed by atoms with E-state index in [1.54, 1.807) is 31.6 Å².